The molecule has 4 rings (SSSR count). The molecule has 3 amide bonds. The number of amides is 3. The lowest BCUT2D eigenvalue weighted by Gasteiger charge is -2.19. The Bertz CT molecular complexity index is 1200. The van der Waals surface area contributed by atoms with E-state index in [0.29, 0.717) is 27.8 Å². The first-order chi connectivity index (χ1) is 15.6. The van der Waals surface area contributed by atoms with Crippen molar-refractivity contribution in [1.29, 1.82) is 0 Å². The minimum atomic E-state index is -4.42. The second-order valence-electron chi connectivity index (χ2n) is 7.80. The van der Waals surface area contributed by atoms with Crippen molar-refractivity contribution in [3.63, 3.8) is 0 Å². The molecule has 0 unspecified atom stereocenters. The minimum absolute atomic E-state index is 0.0239. The van der Waals surface area contributed by atoms with Crippen LogP contribution in [0.2, 0.25) is 0 Å². The fourth-order valence-electron chi connectivity index (χ4n) is 3.73. The second kappa shape index (κ2) is 8.54. The Kier molecular flexibility index (Phi) is 5.76. The van der Waals surface area contributed by atoms with E-state index < -0.39 is 11.7 Å². The van der Waals surface area contributed by atoms with Gasteiger partial charge < -0.3 is 4.90 Å². The van der Waals surface area contributed by atoms with Crippen LogP contribution in [-0.2, 0) is 19.3 Å². The molecule has 0 N–H and O–H groups in total. The summed E-state index contributed by atoms with van der Waals surface area (Å²) < 4.78 is 38.2. The largest absolute Gasteiger partial charge is 0.416 e. The molecule has 0 saturated heterocycles. The smallest absolute Gasteiger partial charge is 0.337 e. The highest BCUT2D eigenvalue weighted by Crippen LogP contribution is 2.29. The number of rotatable bonds is 5. The van der Waals surface area contributed by atoms with Crippen molar-refractivity contribution in [3.8, 4) is 0 Å². The molecule has 0 saturated carbocycles. The molecule has 5 nitrogen and oxygen atoms in total. The van der Waals surface area contributed by atoms with Gasteiger partial charge in [-0.15, -0.1) is 0 Å². The lowest BCUT2D eigenvalue weighted by molar-refractivity contribution is -0.137. The molecule has 3 aromatic carbocycles. The van der Waals surface area contributed by atoms with Crippen molar-refractivity contribution < 1.29 is 27.6 Å². The summed E-state index contributed by atoms with van der Waals surface area (Å²) in [6.45, 7) is 0.149. The molecular formula is C25H19F3N2O3. The average molecular weight is 452 g/mol. The van der Waals surface area contributed by atoms with Crippen LogP contribution in [0.25, 0.3) is 0 Å². The van der Waals surface area contributed by atoms with Gasteiger partial charge in [-0.2, -0.15) is 13.2 Å². The van der Waals surface area contributed by atoms with Crippen LogP contribution in [-0.4, -0.2) is 34.6 Å². The molecule has 1 aliphatic heterocycles. The summed E-state index contributed by atoms with van der Waals surface area (Å²) in [6.07, 6.45) is -4.42. The summed E-state index contributed by atoms with van der Waals surface area (Å²) in [6, 6.07) is 17.8. The van der Waals surface area contributed by atoms with E-state index in [9.17, 15) is 27.6 Å². The summed E-state index contributed by atoms with van der Waals surface area (Å²) in [5.74, 6) is -1.10. The van der Waals surface area contributed by atoms with Crippen LogP contribution < -0.4 is 0 Å². The molecule has 0 fully saturated rings. The van der Waals surface area contributed by atoms with Crippen molar-refractivity contribution in [1.82, 2.24) is 9.80 Å². The summed E-state index contributed by atoms with van der Waals surface area (Å²) >= 11 is 0. The summed E-state index contributed by atoms with van der Waals surface area (Å²) in [7, 11) is 1.55. The molecule has 1 aliphatic rings. The highest BCUT2D eigenvalue weighted by Gasteiger charge is 2.35. The predicted octanol–water partition coefficient (Wildman–Crippen LogP) is 4.77. The number of carbonyl (C=O) groups excluding carboxylic acids is 3. The quantitative estimate of drug-likeness (QED) is 0.524. The molecular weight excluding hydrogens is 433 g/mol. The first-order valence-electron chi connectivity index (χ1n) is 10.1. The van der Waals surface area contributed by atoms with Crippen molar-refractivity contribution in [3.05, 3.63) is 106 Å². The van der Waals surface area contributed by atoms with Crippen LogP contribution in [0, 0.1) is 0 Å². The van der Waals surface area contributed by atoms with E-state index in [0.717, 1.165) is 17.0 Å². The van der Waals surface area contributed by atoms with E-state index in [4.69, 9.17) is 0 Å². The number of fused-ring (bicyclic) bond motifs is 1. The zero-order valence-electron chi connectivity index (χ0n) is 17.6. The van der Waals surface area contributed by atoms with Gasteiger partial charge in [-0.1, -0.05) is 36.4 Å². The third-order valence-corrected chi connectivity index (χ3v) is 5.44. The molecule has 33 heavy (non-hydrogen) atoms. The minimum Gasteiger partial charge on any atom is -0.337 e. The SMILES string of the molecule is CN(Cc1ccc(C(F)(F)F)cc1)C(=O)c1cccc(CN2C(=O)c3ccccc3C2=O)c1. The van der Waals surface area contributed by atoms with Gasteiger partial charge in [0.25, 0.3) is 17.7 Å². The molecule has 3 aromatic rings. The van der Waals surface area contributed by atoms with Crippen molar-refractivity contribution in [2.75, 3.05) is 7.05 Å². The number of imide groups is 1. The van der Waals surface area contributed by atoms with E-state index in [1.54, 1.807) is 55.6 Å². The highest BCUT2D eigenvalue weighted by atomic mass is 19.4. The number of hydrogen-bond donors (Lipinski definition) is 0. The molecule has 0 atom stereocenters. The summed E-state index contributed by atoms with van der Waals surface area (Å²) in [4.78, 5) is 40.6. The first kappa shape index (κ1) is 22.3. The van der Waals surface area contributed by atoms with Gasteiger partial charge in [0.05, 0.1) is 23.2 Å². The molecule has 0 bridgehead atoms. The zero-order valence-corrected chi connectivity index (χ0v) is 17.6. The first-order valence-corrected chi connectivity index (χ1v) is 10.1. The molecule has 168 valence electrons. The maximum Gasteiger partial charge on any atom is 0.416 e. The number of alkyl halides is 3. The lowest BCUT2D eigenvalue weighted by atomic mass is 10.1. The van der Waals surface area contributed by atoms with Gasteiger partial charge in [-0.25, -0.2) is 0 Å². The van der Waals surface area contributed by atoms with Crippen molar-refractivity contribution in [2.45, 2.75) is 19.3 Å². The Hall–Kier alpha value is -3.94. The standard InChI is InChI=1S/C25H19F3N2O3/c1-29(14-16-9-11-19(12-10-16)25(26,27)28)22(31)18-6-4-5-17(13-18)15-30-23(32)20-7-2-3-8-21(20)24(30)33/h2-13H,14-15H2,1H3. The fourth-order valence-corrected chi connectivity index (χ4v) is 3.73. The van der Waals surface area contributed by atoms with Crippen LogP contribution in [0.15, 0.2) is 72.8 Å². The maximum absolute atomic E-state index is 12.9. The molecule has 0 radical (unpaired) electrons. The number of benzene rings is 3. The highest BCUT2D eigenvalue weighted by molar-refractivity contribution is 6.21. The van der Waals surface area contributed by atoms with Crippen LogP contribution in [0.4, 0.5) is 13.2 Å². The number of nitrogens with zero attached hydrogens (tertiary/aromatic N) is 2. The topological polar surface area (TPSA) is 57.7 Å². The predicted molar refractivity (Wildman–Crippen MR) is 114 cm³/mol. The van der Waals surface area contributed by atoms with Gasteiger partial charge in [0.2, 0.25) is 0 Å². The van der Waals surface area contributed by atoms with E-state index in [2.05, 4.69) is 0 Å². The Morgan fingerprint density at radius 2 is 1.45 bits per heavy atom. The number of carbonyl (C=O) groups is 3. The van der Waals surface area contributed by atoms with E-state index in [-0.39, 0.29) is 30.8 Å². The fraction of sp³-hybridized carbons (Fsp3) is 0.160. The third-order valence-electron chi connectivity index (χ3n) is 5.44. The van der Waals surface area contributed by atoms with E-state index >= 15 is 0 Å². The van der Waals surface area contributed by atoms with Gasteiger partial charge in [-0.05, 0) is 47.5 Å². The number of halogens is 3. The Morgan fingerprint density at radius 1 is 0.848 bits per heavy atom. The Morgan fingerprint density at radius 3 is 2.03 bits per heavy atom. The van der Waals surface area contributed by atoms with Crippen LogP contribution >= 0.6 is 0 Å². The molecule has 1 heterocycles. The van der Waals surface area contributed by atoms with Gasteiger partial charge >= 0.3 is 6.18 Å². The molecule has 0 aliphatic carbocycles. The van der Waals surface area contributed by atoms with E-state index in [1.165, 1.54) is 17.0 Å². The third kappa shape index (κ3) is 4.50. The zero-order chi connectivity index (χ0) is 23.8. The van der Waals surface area contributed by atoms with Crippen LogP contribution in [0.3, 0.4) is 0 Å². The molecule has 0 spiro atoms. The van der Waals surface area contributed by atoms with Gasteiger partial charge in [-0.3, -0.25) is 19.3 Å². The number of hydrogen-bond acceptors (Lipinski definition) is 3. The molecule has 8 heteroatoms. The lowest BCUT2D eigenvalue weighted by Crippen LogP contribution is -2.29. The second-order valence-corrected chi connectivity index (χ2v) is 7.80. The van der Waals surface area contributed by atoms with Gasteiger partial charge in [0, 0.05) is 19.2 Å². The Balaban J connectivity index is 1.46. The van der Waals surface area contributed by atoms with Crippen molar-refractivity contribution in [2.24, 2.45) is 0 Å². The molecule has 0 aromatic heterocycles. The maximum atomic E-state index is 12.9. The van der Waals surface area contributed by atoms with Gasteiger partial charge in [0.15, 0.2) is 0 Å². The van der Waals surface area contributed by atoms with Crippen molar-refractivity contribution >= 4 is 17.7 Å². The summed E-state index contributed by atoms with van der Waals surface area (Å²) in [5, 5.41) is 0. The summed E-state index contributed by atoms with van der Waals surface area (Å²) in [5.41, 5.74) is 1.47. The Labute approximate surface area is 188 Å². The average Bonchev–Trinajstić information content (AvgIpc) is 3.03. The van der Waals surface area contributed by atoms with Crippen LogP contribution in [0.1, 0.15) is 47.8 Å². The normalized spacial score (nSPS) is 13.3. The van der Waals surface area contributed by atoms with Crippen LogP contribution in [0.5, 0.6) is 0 Å². The van der Waals surface area contributed by atoms with E-state index in [1.807, 2.05) is 0 Å². The van der Waals surface area contributed by atoms with Gasteiger partial charge in [0.1, 0.15) is 0 Å². The monoisotopic (exact) mass is 452 g/mol.